The monoisotopic (exact) mass is 291 g/mol. The van der Waals surface area contributed by atoms with Crippen molar-refractivity contribution in [3.8, 4) is 0 Å². The topological polar surface area (TPSA) is 67.9 Å². The van der Waals surface area contributed by atoms with Crippen molar-refractivity contribution in [2.75, 3.05) is 6.61 Å². The molecule has 112 valence electrons. The maximum absolute atomic E-state index is 13.1. The number of halogens is 1. The summed E-state index contributed by atoms with van der Waals surface area (Å²) < 4.78 is 18.1. The van der Waals surface area contributed by atoms with E-state index in [1.54, 1.807) is 19.1 Å². The third kappa shape index (κ3) is 3.65. The highest BCUT2D eigenvalue weighted by Gasteiger charge is 2.28. The van der Waals surface area contributed by atoms with Gasteiger partial charge in [-0.25, -0.2) is 9.37 Å². The predicted molar refractivity (Wildman–Crippen MR) is 75.3 cm³/mol. The summed E-state index contributed by atoms with van der Waals surface area (Å²) in [4.78, 5) is 16.5. The zero-order valence-corrected chi connectivity index (χ0v) is 12.1. The molecular formula is C15H18FN3O2. The van der Waals surface area contributed by atoms with Crippen molar-refractivity contribution >= 4 is 5.97 Å². The van der Waals surface area contributed by atoms with Gasteiger partial charge in [0.05, 0.1) is 6.61 Å². The van der Waals surface area contributed by atoms with E-state index in [9.17, 15) is 9.18 Å². The van der Waals surface area contributed by atoms with Crippen LogP contribution in [0.15, 0.2) is 24.3 Å². The SMILES string of the molecule is CCCc1nc(C(C(=O)OCC)c2ccc(F)cc2)n[nH]1. The lowest BCUT2D eigenvalue weighted by molar-refractivity contribution is -0.144. The lowest BCUT2D eigenvalue weighted by Gasteiger charge is -2.12. The van der Waals surface area contributed by atoms with Crippen LogP contribution in [0.2, 0.25) is 0 Å². The van der Waals surface area contributed by atoms with E-state index in [0.29, 0.717) is 11.4 Å². The van der Waals surface area contributed by atoms with Crippen molar-refractivity contribution in [2.24, 2.45) is 0 Å². The lowest BCUT2D eigenvalue weighted by Crippen LogP contribution is -2.18. The molecule has 0 fully saturated rings. The molecule has 0 amide bonds. The number of esters is 1. The van der Waals surface area contributed by atoms with Gasteiger partial charge in [0.2, 0.25) is 0 Å². The van der Waals surface area contributed by atoms with E-state index in [1.807, 2.05) is 6.92 Å². The Morgan fingerprint density at radius 1 is 1.33 bits per heavy atom. The summed E-state index contributed by atoms with van der Waals surface area (Å²) in [6.45, 7) is 4.04. The number of aromatic nitrogens is 3. The van der Waals surface area contributed by atoms with Crippen LogP contribution in [0.4, 0.5) is 4.39 Å². The van der Waals surface area contributed by atoms with Crippen LogP contribution in [-0.2, 0) is 16.0 Å². The van der Waals surface area contributed by atoms with Crippen LogP contribution in [0, 0.1) is 5.82 Å². The minimum atomic E-state index is -0.743. The first-order valence-electron chi connectivity index (χ1n) is 6.99. The molecule has 0 saturated carbocycles. The number of nitrogens with zero attached hydrogens (tertiary/aromatic N) is 2. The summed E-state index contributed by atoms with van der Waals surface area (Å²) in [6, 6.07) is 5.71. The van der Waals surface area contributed by atoms with Crippen LogP contribution in [0.3, 0.4) is 0 Å². The van der Waals surface area contributed by atoms with Gasteiger partial charge in [-0.15, -0.1) is 0 Å². The van der Waals surface area contributed by atoms with Crippen LogP contribution in [0.1, 0.15) is 43.4 Å². The Kier molecular flexibility index (Phi) is 5.03. The van der Waals surface area contributed by atoms with Crippen molar-refractivity contribution in [3.63, 3.8) is 0 Å². The van der Waals surface area contributed by atoms with Gasteiger partial charge in [-0.3, -0.25) is 9.89 Å². The van der Waals surface area contributed by atoms with Crippen LogP contribution in [-0.4, -0.2) is 27.8 Å². The predicted octanol–water partition coefficient (Wildman–Crippen LogP) is 2.59. The highest BCUT2D eigenvalue weighted by atomic mass is 19.1. The fourth-order valence-electron chi connectivity index (χ4n) is 2.06. The van der Waals surface area contributed by atoms with Crippen LogP contribution < -0.4 is 0 Å². The summed E-state index contributed by atoms with van der Waals surface area (Å²) in [5.41, 5.74) is 0.608. The third-order valence-electron chi connectivity index (χ3n) is 3.02. The molecule has 0 aliphatic rings. The summed E-state index contributed by atoms with van der Waals surface area (Å²) in [7, 11) is 0. The molecule has 0 spiro atoms. The van der Waals surface area contributed by atoms with Crippen LogP contribution in [0.25, 0.3) is 0 Å². The van der Waals surface area contributed by atoms with E-state index >= 15 is 0 Å². The molecule has 1 aromatic carbocycles. The first-order valence-corrected chi connectivity index (χ1v) is 6.99. The molecule has 1 aromatic heterocycles. The maximum atomic E-state index is 13.1. The number of hydrogen-bond donors (Lipinski definition) is 1. The number of H-pyrrole nitrogens is 1. The van der Waals surface area contributed by atoms with Crippen molar-refractivity contribution in [2.45, 2.75) is 32.6 Å². The first-order chi connectivity index (χ1) is 10.2. The number of carbonyl (C=O) groups is 1. The second-order valence-corrected chi connectivity index (χ2v) is 4.63. The second-order valence-electron chi connectivity index (χ2n) is 4.63. The summed E-state index contributed by atoms with van der Waals surface area (Å²) >= 11 is 0. The van der Waals surface area contributed by atoms with E-state index in [2.05, 4.69) is 15.2 Å². The summed E-state index contributed by atoms with van der Waals surface area (Å²) in [5.74, 6) is -0.464. The summed E-state index contributed by atoms with van der Waals surface area (Å²) in [6.07, 6.45) is 1.68. The third-order valence-corrected chi connectivity index (χ3v) is 3.02. The highest BCUT2D eigenvalue weighted by Crippen LogP contribution is 2.24. The Hall–Kier alpha value is -2.24. The quantitative estimate of drug-likeness (QED) is 0.831. The Bertz CT molecular complexity index is 595. The van der Waals surface area contributed by atoms with E-state index in [0.717, 1.165) is 18.7 Å². The standard InChI is InChI=1S/C15H18FN3O2/c1-3-5-12-17-14(19-18-12)13(15(20)21-4-2)10-6-8-11(16)9-7-10/h6-9,13H,3-5H2,1-2H3,(H,17,18,19). The number of ether oxygens (including phenoxy) is 1. The van der Waals surface area contributed by atoms with E-state index in [-0.39, 0.29) is 12.4 Å². The number of rotatable bonds is 6. The molecule has 2 rings (SSSR count). The van der Waals surface area contributed by atoms with Gasteiger partial charge in [0.15, 0.2) is 5.82 Å². The number of aryl methyl sites for hydroxylation is 1. The zero-order valence-electron chi connectivity index (χ0n) is 12.1. The number of hydrogen-bond acceptors (Lipinski definition) is 4. The van der Waals surface area contributed by atoms with Gasteiger partial charge in [-0.2, -0.15) is 5.10 Å². The van der Waals surface area contributed by atoms with E-state index < -0.39 is 11.9 Å². The normalized spacial score (nSPS) is 12.1. The molecule has 0 aliphatic carbocycles. The van der Waals surface area contributed by atoms with Crippen molar-refractivity contribution in [1.82, 2.24) is 15.2 Å². The first kappa shape index (κ1) is 15.2. The molecule has 0 aliphatic heterocycles. The van der Waals surface area contributed by atoms with Gasteiger partial charge >= 0.3 is 5.97 Å². The average Bonchev–Trinajstić information content (AvgIpc) is 2.90. The van der Waals surface area contributed by atoms with E-state index in [1.165, 1.54) is 12.1 Å². The molecule has 1 N–H and O–H groups in total. The zero-order chi connectivity index (χ0) is 15.2. The molecule has 21 heavy (non-hydrogen) atoms. The van der Waals surface area contributed by atoms with Crippen LogP contribution >= 0.6 is 0 Å². The number of nitrogens with one attached hydrogen (secondary N) is 1. The van der Waals surface area contributed by atoms with Gasteiger partial charge in [0.1, 0.15) is 17.6 Å². The molecule has 6 heteroatoms. The maximum Gasteiger partial charge on any atom is 0.321 e. The molecule has 0 saturated heterocycles. The minimum absolute atomic E-state index is 0.267. The molecule has 1 atom stereocenters. The van der Waals surface area contributed by atoms with Gasteiger partial charge in [0.25, 0.3) is 0 Å². The van der Waals surface area contributed by atoms with Gasteiger partial charge in [-0.05, 0) is 31.0 Å². The Morgan fingerprint density at radius 3 is 2.67 bits per heavy atom. The number of aromatic amines is 1. The van der Waals surface area contributed by atoms with Crippen molar-refractivity contribution < 1.29 is 13.9 Å². The second kappa shape index (κ2) is 6.97. The van der Waals surface area contributed by atoms with Crippen LogP contribution in [0.5, 0.6) is 0 Å². The molecular weight excluding hydrogens is 273 g/mol. The fourth-order valence-corrected chi connectivity index (χ4v) is 2.06. The molecule has 2 aromatic rings. The molecule has 1 unspecified atom stereocenters. The molecule has 0 bridgehead atoms. The highest BCUT2D eigenvalue weighted by molar-refractivity contribution is 5.81. The van der Waals surface area contributed by atoms with Crippen molar-refractivity contribution in [1.29, 1.82) is 0 Å². The van der Waals surface area contributed by atoms with Gasteiger partial charge < -0.3 is 4.74 Å². The van der Waals surface area contributed by atoms with Gasteiger partial charge in [0, 0.05) is 6.42 Å². The van der Waals surface area contributed by atoms with E-state index in [4.69, 9.17) is 4.74 Å². The molecule has 1 heterocycles. The summed E-state index contributed by atoms with van der Waals surface area (Å²) in [5, 5.41) is 6.93. The molecule has 0 radical (unpaired) electrons. The average molecular weight is 291 g/mol. The Balaban J connectivity index is 2.34. The Labute approximate surface area is 122 Å². The minimum Gasteiger partial charge on any atom is -0.465 e. The fraction of sp³-hybridized carbons (Fsp3) is 0.400. The number of carbonyl (C=O) groups excluding carboxylic acids is 1. The lowest BCUT2D eigenvalue weighted by atomic mass is 9.98. The van der Waals surface area contributed by atoms with Crippen molar-refractivity contribution in [3.05, 3.63) is 47.3 Å². The van der Waals surface area contributed by atoms with Gasteiger partial charge in [-0.1, -0.05) is 19.1 Å². The Morgan fingerprint density at radius 2 is 2.05 bits per heavy atom. The molecule has 5 nitrogen and oxygen atoms in total. The number of benzene rings is 1. The smallest absolute Gasteiger partial charge is 0.321 e. The largest absolute Gasteiger partial charge is 0.465 e.